The molecule has 6 atom stereocenters. The van der Waals surface area contributed by atoms with Gasteiger partial charge in [0.05, 0.1) is 5.75 Å². The number of piperazine rings is 1. The van der Waals surface area contributed by atoms with E-state index in [1.54, 1.807) is 4.31 Å². The lowest BCUT2D eigenvalue weighted by molar-refractivity contribution is -0.124. The monoisotopic (exact) mass is 604 g/mol. The minimum atomic E-state index is -3.30. The highest BCUT2D eigenvalue weighted by Gasteiger charge is 2.40. The van der Waals surface area contributed by atoms with Crippen molar-refractivity contribution in [2.75, 3.05) is 18.8 Å². The molecular formula is C30H38F2N4O5S. The van der Waals surface area contributed by atoms with Gasteiger partial charge in [-0.1, -0.05) is 30.7 Å². The predicted octanol–water partition coefficient (Wildman–Crippen LogP) is 3.56. The second kappa shape index (κ2) is 13.0. The first kappa shape index (κ1) is 30.4. The summed E-state index contributed by atoms with van der Waals surface area (Å²) in [5, 5.41) is 18.6. The Morgan fingerprint density at radius 2 is 1.60 bits per heavy atom. The van der Waals surface area contributed by atoms with Crippen LogP contribution >= 0.6 is 0 Å². The first-order chi connectivity index (χ1) is 20.1. The third kappa shape index (κ3) is 7.09. The molecule has 0 radical (unpaired) electrons. The molecule has 2 aromatic rings. The zero-order chi connectivity index (χ0) is 29.9. The molecule has 42 heavy (non-hydrogen) atoms. The van der Waals surface area contributed by atoms with E-state index in [1.807, 2.05) is 0 Å². The SMILES string of the molecule is O=C(O)N[C@H](C(=O)N[C@H]1CCC[C@@H]1CC[C@H]1CN[C@@H]2CCCS(=O)(=O)N1C2)C(c1ccc(F)cc1)c1ccc(F)cc1. The van der Waals surface area contributed by atoms with E-state index in [-0.39, 0.29) is 29.8 Å². The number of hydrogen-bond acceptors (Lipinski definition) is 5. The molecule has 2 aliphatic heterocycles. The van der Waals surface area contributed by atoms with Gasteiger partial charge in [-0.3, -0.25) is 4.79 Å². The number of halogens is 2. The highest BCUT2D eigenvalue weighted by molar-refractivity contribution is 7.89. The Balaban J connectivity index is 1.32. The van der Waals surface area contributed by atoms with Gasteiger partial charge in [0.2, 0.25) is 15.9 Å². The molecule has 4 N–H and O–H groups in total. The minimum absolute atomic E-state index is 0.113. The molecule has 1 saturated carbocycles. The maximum atomic E-state index is 13.8. The lowest BCUT2D eigenvalue weighted by Gasteiger charge is -2.38. The summed E-state index contributed by atoms with van der Waals surface area (Å²) >= 11 is 0. The van der Waals surface area contributed by atoms with Gasteiger partial charge in [-0.15, -0.1) is 0 Å². The van der Waals surface area contributed by atoms with E-state index in [1.165, 1.54) is 48.5 Å². The van der Waals surface area contributed by atoms with Crippen LogP contribution in [0, 0.1) is 17.6 Å². The number of carbonyl (C=O) groups excluding carboxylic acids is 1. The van der Waals surface area contributed by atoms with Crippen LogP contribution in [-0.2, 0) is 14.8 Å². The summed E-state index contributed by atoms with van der Waals surface area (Å²) in [7, 11) is -3.30. The average Bonchev–Trinajstić information content (AvgIpc) is 3.35. The largest absolute Gasteiger partial charge is 0.465 e. The normalized spacial score (nSPS) is 27.6. The van der Waals surface area contributed by atoms with Crippen LogP contribution in [0.3, 0.4) is 0 Å². The van der Waals surface area contributed by atoms with E-state index < -0.39 is 45.6 Å². The van der Waals surface area contributed by atoms with Crippen molar-refractivity contribution in [1.29, 1.82) is 0 Å². The quantitative estimate of drug-likeness (QED) is 0.347. The van der Waals surface area contributed by atoms with Crippen LogP contribution in [0.1, 0.15) is 62.0 Å². The number of nitrogens with one attached hydrogen (secondary N) is 3. The van der Waals surface area contributed by atoms with Gasteiger partial charge in [0.25, 0.3) is 0 Å². The fourth-order valence-electron chi connectivity index (χ4n) is 6.85. The van der Waals surface area contributed by atoms with Gasteiger partial charge >= 0.3 is 6.09 Å². The van der Waals surface area contributed by atoms with Crippen molar-refractivity contribution in [3.8, 4) is 0 Å². The maximum absolute atomic E-state index is 13.8. The Bertz CT molecular complexity index is 1310. The number of fused-ring (bicyclic) bond motifs is 2. The molecule has 2 saturated heterocycles. The number of sulfonamides is 1. The number of rotatable bonds is 9. The Morgan fingerprint density at radius 1 is 0.952 bits per heavy atom. The molecule has 1 aliphatic carbocycles. The number of hydrogen-bond donors (Lipinski definition) is 4. The van der Waals surface area contributed by atoms with E-state index in [2.05, 4.69) is 16.0 Å². The number of benzene rings is 2. The highest BCUT2D eigenvalue weighted by atomic mass is 32.2. The summed E-state index contributed by atoms with van der Waals surface area (Å²) in [6.07, 6.45) is 3.99. The van der Waals surface area contributed by atoms with E-state index in [0.29, 0.717) is 37.1 Å². The second-order valence-corrected chi connectivity index (χ2v) is 13.7. The average molecular weight is 605 g/mol. The third-order valence-corrected chi connectivity index (χ3v) is 10.9. The molecular weight excluding hydrogens is 566 g/mol. The standard InChI is InChI=1S/C30H38F2N4O5S/c31-22-11-6-20(7-12-22)27(21-8-13-23(32)14-9-21)28(35-30(38)39)29(37)34-26-5-1-3-19(26)10-15-25-17-33-24-4-2-16-42(40,41)36(25)18-24/h6-9,11-14,19,24-28,33,35H,1-5,10,15-18H2,(H,34,37)(H,38,39)/t19-,24-,25+,26+,28+/m1/s1. The summed E-state index contributed by atoms with van der Waals surface area (Å²) in [5.74, 6) is -2.03. The summed E-state index contributed by atoms with van der Waals surface area (Å²) in [6.45, 7) is 1.10. The van der Waals surface area contributed by atoms with Crippen molar-refractivity contribution in [2.24, 2.45) is 5.92 Å². The Morgan fingerprint density at radius 3 is 2.21 bits per heavy atom. The highest BCUT2D eigenvalue weighted by Crippen LogP contribution is 2.34. The molecule has 228 valence electrons. The predicted molar refractivity (Wildman–Crippen MR) is 153 cm³/mol. The number of carboxylic acid groups (broad SMARTS) is 1. The molecule has 9 nitrogen and oxygen atoms in total. The lowest BCUT2D eigenvalue weighted by atomic mass is 9.84. The van der Waals surface area contributed by atoms with Crippen molar-refractivity contribution >= 4 is 22.0 Å². The van der Waals surface area contributed by atoms with Crippen molar-refractivity contribution in [2.45, 2.75) is 75.0 Å². The summed E-state index contributed by atoms with van der Waals surface area (Å²) in [6, 6.07) is 9.50. The molecule has 0 spiro atoms. The topological polar surface area (TPSA) is 128 Å². The van der Waals surface area contributed by atoms with Crippen LogP contribution in [-0.4, -0.2) is 72.8 Å². The van der Waals surface area contributed by atoms with Gasteiger partial charge in [-0.05, 0) is 79.8 Å². The molecule has 2 aromatic carbocycles. The second-order valence-electron chi connectivity index (χ2n) is 11.7. The van der Waals surface area contributed by atoms with Crippen LogP contribution < -0.4 is 16.0 Å². The van der Waals surface area contributed by atoms with Crippen molar-refractivity contribution in [3.05, 3.63) is 71.3 Å². The van der Waals surface area contributed by atoms with Crippen molar-refractivity contribution in [1.82, 2.24) is 20.3 Å². The van der Waals surface area contributed by atoms with E-state index >= 15 is 0 Å². The zero-order valence-electron chi connectivity index (χ0n) is 23.3. The molecule has 3 fully saturated rings. The first-order valence-corrected chi connectivity index (χ1v) is 16.3. The lowest BCUT2D eigenvalue weighted by Crippen LogP contribution is -2.57. The van der Waals surface area contributed by atoms with Crippen LogP contribution in [0.2, 0.25) is 0 Å². The van der Waals surface area contributed by atoms with E-state index in [4.69, 9.17) is 0 Å². The van der Waals surface area contributed by atoms with Gasteiger partial charge in [-0.25, -0.2) is 22.0 Å². The third-order valence-electron chi connectivity index (χ3n) is 8.97. The molecule has 2 bridgehead atoms. The van der Waals surface area contributed by atoms with Crippen LogP contribution in [0.5, 0.6) is 0 Å². The summed E-state index contributed by atoms with van der Waals surface area (Å²) < 4.78 is 54.9. The van der Waals surface area contributed by atoms with Gasteiger partial charge < -0.3 is 21.1 Å². The van der Waals surface area contributed by atoms with Crippen molar-refractivity contribution in [3.63, 3.8) is 0 Å². The Kier molecular flexibility index (Phi) is 9.44. The molecule has 2 amide bonds. The molecule has 0 aromatic heterocycles. The van der Waals surface area contributed by atoms with Crippen LogP contribution in [0.15, 0.2) is 48.5 Å². The van der Waals surface area contributed by atoms with Crippen molar-refractivity contribution < 1.29 is 31.9 Å². The molecule has 1 unspecified atom stereocenters. The Hall–Kier alpha value is -3.09. The number of nitrogens with zero attached hydrogens (tertiary/aromatic N) is 1. The van der Waals surface area contributed by atoms with E-state index in [0.717, 1.165) is 32.1 Å². The number of amides is 2. The first-order valence-electron chi connectivity index (χ1n) is 14.6. The fourth-order valence-corrected chi connectivity index (χ4v) is 8.65. The molecule has 2 heterocycles. The Labute approximate surface area is 245 Å². The van der Waals surface area contributed by atoms with Gasteiger partial charge in [0.1, 0.15) is 17.7 Å². The summed E-state index contributed by atoms with van der Waals surface area (Å²) in [4.78, 5) is 25.7. The van der Waals surface area contributed by atoms with Gasteiger partial charge in [-0.2, -0.15) is 4.31 Å². The molecule has 12 heteroatoms. The number of carbonyl (C=O) groups is 2. The fraction of sp³-hybridized carbons (Fsp3) is 0.533. The zero-order valence-corrected chi connectivity index (χ0v) is 24.2. The van der Waals surface area contributed by atoms with Crippen LogP contribution in [0.4, 0.5) is 13.6 Å². The smallest absolute Gasteiger partial charge is 0.405 e. The molecule has 3 aliphatic rings. The van der Waals surface area contributed by atoms with Gasteiger partial charge in [0.15, 0.2) is 0 Å². The minimum Gasteiger partial charge on any atom is -0.465 e. The van der Waals surface area contributed by atoms with E-state index in [9.17, 15) is 31.9 Å². The molecule has 5 rings (SSSR count). The summed E-state index contributed by atoms with van der Waals surface area (Å²) in [5.41, 5.74) is 1.00. The maximum Gasteiger partial charge on any atom is 0.405 e. The van der Waals surface area contributed by atoms with Gasteiger partial charge in [0, 0.05) is 37.1 Å². The van der Waals surface area contributed by atoms with Crippen LogP contribution in [0.25, 0.3) is 0 Å².